The fraction of sp³-hybridized carbons (Fsp3) is 0.480. The molecule has 2 fully saturated rings. The Hall–Kier alpha value is -1.85. The van der Waals surface area contributed by atoms with Gasteiger partial charge in [0.25, 0.3) is 0 Å². The second-order valence-corrected chi connectivity index (χ2v) is 14.5. The molecule has 10 heteroatoms. The third kappa shape index (κ3) is 4.67. The van der Waals surface area contributed by atoms with Gasteiger partial charge in [0.15, 0.2) is 0 Å². The SMILES string of the molecule is CC1CCCC(C)N1S(=O)(=O)c1ccc(S(=O)(=O)N2CCC(c3nc4ccccc4s3)CC2)cc1. The highest BCUT2D eigenvalue weighted by Gasteiger charge is 2.36. The van der Waals surface area contributed by atoms with Gasteiger partial charge in [-0.05, 0) is 75.9 Å². The summed E-state index contributed by atoms with van der Waals surface area (Å²) in [6, 6.07) is 13.6. The second kappa shape index (κ2) is 9.55. The molecule has 5 rings (SSSR count). The molecule has 7 nitrogen and oxygen atoms in total. The van der Waals surface area contributed by atoms with Crippen LogP contribution in [0.1, 0.15) is 56.9 Å². The van der Waals surface area contributed by atoms with E-state index in [-0.39, 0.29) is 27.8 Å². The average Bonchev–Trinajstić information content (AvgIpc) is 3.28. The zero-order valence-electron chi connectivity index (χ0n) is 20.0. The van der Waals surface area contributed by atoms with E-state index < -0.39 is 20.0 Å². The van der Waals surface area contributed by atoms with Crippen molar-refractivity contribution in [3.05, 3.63) is 53.5 Å². The lowest BCUT2D eigenvalue weighted by atomic mass is 9.99. The number of hydrogen-bond acceptors (Lipinski definition) is 6. The summed E-state index contributed by atoms with van der Waals surface area (Å²) < 4.78 is 57.4. The molecule has 3 heterocycles. The maximum atomic E-state index is 13.3. The van der Waals surface area contributed by atoms with Crippen molar-refractivity contribution >= 4 is 41.6 Å². The van der Waals surface area contributed by atoms with Crippen LogP contribution in [0.4, 0.5) is 0 Å². The molecule has 0 N–H and O–H groups in total. The molecular weight excluding hydrogens is 502 g/mol. The minimum absolute atomic E-state index is 0.0658. The number of aromatic nitrogens is 1. The van der Waals surface area contributed by atoms with Crippen LogP contribution in [0, 0.1) is 0 Å². The summed E-state index contributed by atoms with van der Waals surface area (Å²) >= 11 is 1.68. The first-order valence-corrected chi connectivity index (χ1v) is 15.9. The first-order valence-electron chi connectivity index (χ1n) is 12.2. The van der Waals surface area contributed by atoms with E-state index in [4.69, 9.17) is 4.98 Å². The molecule has 0 saturated carbocycles. The monoisotopic (exact) mass is 533 g/mol. The highest BCUT2D eigenvalue weighted by atomic mass is 32.2. The van der Waals surface area contributed by atoms with Gasteiger partial charge in [-0.15, -0.1) is 11.3 Å². The van der Waals surface area contributed by atoms with E-state index in [0.29, 0.717) is 13.1 Å². The minimum atomic E-state index is -3.69. The van der Waals surface area contributed by atoms with Gasteiger partial charge < -0.3 is 0 Å². The topological polar surface area (TPSA) is 87.7 Å². The molecule has 2 unspecified atom stereocenters. The Morgan fingerprint density at radius 2 is 1.37 bits per heavy atom. The van der Waals surface area contributed by atoms with Crippen molar-refractivity contribution in [1.29, 1.82) is 0 Å². The van der Waals surface area contributed by atoms with Crippen molar-refractivity contribution in [3.63, 3.8) is 0 Å². The largest absolute Gasteiger partial charge is 0.243 e. The fourth-order valence-corrected chi connectivity index (χ4v) is 9.82. The van der Waals surface area contributed by atoms with Crippen molar-refractivity contribution < 1.29 is 16.8 Å². The van der Waals surface area contributed by atoms with Crippen molar-refractivity contribution in [2.75, 3.05) is 13.1 Å². The number of fused-ring (bicyclic) bond motifs is 1. The van der Waals surface area contributed by atoms with Crippen LogP contribution in [0.25, 0.3) is 10.2 Å². The standard InChI is InChI=1S/C25H31N3O4S3/c1-18-6-5-7-19(2)28(18)35(31,32)22-12-10-21(11-13-22)34(29,30)27-16-14-20(15-17-27)25-26-23-8-3-4-9-24(23)33-25/h3-4,8-13,18-20H,5-7,14-17H2,1-2H3. The van der Waals surface area contributed by atoms with Crippen LogP contribution in [-0.2, 0) is 20.0 Å². The maximum Gasteiger partial charge on any atom is 0.243 e. The number of hydrogen-bond donors (Lipinski definition) is 0. The van der Waals surface area contributed by atoms with E-state index >= 15 is 0 Å². The van der Waals surface area contributed by atoms with Crippen LogP contribution in [0.2, 0.25) is 0 Å². The van der Waals surface area contributed by atoms with E-state index in [1.165, 1.54) is 28.6 Å². The molecule has 2 saturated heterocycles. The average molecular weight is 534 g/mol. The van der Waals surface area contributed by atoms with Crippen molar-refractivity contribution in [2.45, 2.75) is 73.7 Å². The van der Waals surface area contributed by atoms with Crippen LogP contribution >= 0.6 is 11.3 Å². The molecule has 1 aromatic heterocycles. The summed E-state index contributed by atoms with van der Waals surface area (Å²) in [5.41, 5.74) is 0.992. The van der Waals surface area contributed by atoms with Gasteiger partial charge >= 0.3 is 0 Å². The number of thiazole rings is 1. The predicted molar refractivity (Wildman–Crippen MR) is 139 cm³/mol. The zero-order valence-corrected chi connectivity index (χ0v) is 22.4. The van der Waals surface area contributed by atoms with Crippen LogP contribution in [0.15, 0.2) is 58.3 Å². The number of rotatable bonds is 5. The van der Waals surface area contributed by atoms with E-state index in [0.717, 1.165) is 47.3 Å². The summed E-state index contributed by atoms with van der Waals surface area (Å²) in [7, 11) is -7.37. The van der Waals surface area contributed by atoms with E-state index in [9.17, 15) is 16.8 Å². The summed E-state index contributed by atoms with van der Waals surface area (Å²) in [5, 5.41) is 1.07. The molecule has 0 spiro atoms. The highest BCUT2D eigenvalue weighted by Crippen LogP contribution is 2.35. The summed E-state index contributed by atoms with van der Waals surface area (Å²) in [6.07, 6.45) is 4.12. The lowest BCUT2D eigenvalue weighted by Gasteiger charge is -2.37. The highest BCUT2D eigenvalue weighted by molar-refractivity contribution is 7.89. The van der Waals surface area contributed by atoms with Gasteiger partial charge in [0.05, 0.1) is 25.0 Å². The smallest absolute Gasteiger partial charge is 0.241 e. The number of benzene rings is 2. The Morgan fingerprint density at radius 1 is 0.800 bits per heavy atom. The maximum absolute atomic E-state index is 13.3. The second-order valence-electron chi connectivity index (χ2n) is 9.63. The summed E-state index contributed by atoms with van der Waals surface area (Å²) in [6.45, 7) is 4.71. The molecular formula is C25H31N3O4S3. The van der Waals surface area contributed by atoms with E-state index in [1.54, 1.807) is 15.6 Å². The summed E-state index contributed by atoms with van der Waals surface area (Å²) in [4.78, 5) is 5.03. The fourth-order valence-electron chi connectivity index (χ4n) is 5.33. The Balaban J connectivity index is 1.29. The summed E-state index contributed by atoms with van der Waals surface area (Å²) in [5.74, 6) is 0.250. The van der Waals surface area contributed by atoms with Gasteiger partial charge in [0.2, 0.25) is 20.0 Å². The zero-order chi connectivity index (χ0) is 24.8. The van der Waals surface area contributed by atoms with Gasteiger partial charge in [-0.2, -0.15) is 8.61 Å². The minimum Gasteiger partial charge on any atom is -0.241 e. The molecule has 3 aromatic rings. The van der Waals surface area contributed by atoms with Crippen LogP contribution in [0.3, 0.4) is 0 Å². The lowest BCUT2D eigenvalue weighted by molar-refractivity contribution is 0.204. The Labute approximate surface area is 211 Å². The molecule has 188 valence electrons. The third-order valence-electron chi connectivity index (χ3n) is 7.26. The quantitative estimate of drug-likeness (QED) is 0.469. The van der Waals surface area contributed by atoms with E-state index in [1.807, 2.05) is 32.0 Å². The number of piperidine rings is 2. The van der Waals surface area contributed by atoms with Crippen molar-refractivity contribution in [1.82, 2.24) is 13.6 Å². The van der Waals surface area contributed by atoms with Crippen LogP contribution in [0.5, 0.6) is 0 Å². The van der Waals surface area contributed by atoms with Gasteiger partial charge in [-0.25, -0.2) is 21.8 Å². The molecule has 35 heavy (non-hydrogen) atoms. The van der Waals surface area contributed by atoms with Gasteiger partial charge in [0.1, 0.15) is 0 Å². The van der Waals surface area contributed by atoms with E-state index in [2.05, 4.69) is 6.07 Å². The van der Waals surface area contributed by atoms with Crippen molar-refractivity contribution in [2.24, 2.45) is 0 Å². The van der Waals surface area contributed by atoms with Crippen LogP contribution in [-0.4, -0.2) is 55.6 Å². The number of nitrogens with zero attached hydrogens (tertiary/aromatic N) is 3. The Kier molecular flexibility index (Phi) is 6.78. The predicted octanol–water partition coefficient (Wildman–Crippen LogP) is 4.82. The molecule has 0 radical (unpaired) electrons. The molecule has 2 aliphatic rings. The molecule has 2 atom stereocenters. The van der Waals surface area contributed by atoms with Gasteiger partial charge in [0, 0.05) is 31.1 Å². The Bertz CT molecular complexity index is 1370. The molecule has 0 bridgehead atoms. The van der Waals surface area contributed by atoms with Gasteiger partial charge in [-0.1, -0.05) is 18.6 Å². The van der Waals surface area contributed by atoms with Crippen LogP contribution < -0.4 is 0 Å². The first kappa shape index (κ1) is 24.8. The lowest BCUT2D eigenvalue weighted by Crippen LogP contribution is -2.47. The molecule has 0 aliphatic carbocycles. The number of sulfonamides is 2. The number of para-hydroxylation sites is 1. The first-order chi connectivity index (χ1) is 16.7. The molecule has 0 amide bonds. The molecule has 2 aromatic carbocycles. The normalized spacial score (nSPS) is 23.6. The van der Waals surface area contributed by atoms with Crippen molar-refractivity contribution in [3.8, 4) is 0 Å². The Morgan fingerprint density at radius 3 is 1.97 bits per heavy atom. The third-order valence-corrected chi connectivity index (χ3v) is 12.5. The molecule has 2 aliphatic heterocycles. The van der Waals surface area contributed by atoms with Gasteiger partial charge in [-0.3, -0.25) is 0 Å².